The first-order valence-corrected chi connectivity index (χ1v) is 11.2. The Morgan fingerprint density at radius 2 is 1.79 bits per heavy atom. The second-order valence-electron chi connectivity index (χ2n) is 8.68. The van der Waals surface area contributed by atoms with Crippen LogP contribution in [0.1, 0.15) is 29.5 Å². The number of carbonyl (C=O) groups is 1. The van der Waals surface area contributed by atoms with Gasteiger partial charge >= 0.3 is 12.2 Å². The number of rotatable bonds is 3. The molecule has 2 amide bonds. The third-order valence-corrected chi connectivity index (χ3v) is 6.49. The molecule has 5 rings (SSSR count). The lowest BCUT2D eigenvalue weighted by Crippen LogP contribution is -2.52. The zero-order valence-electron chi connectivity index (χ0n) is 18.4. The van der Waals surface area contributed by atoms with E-state index in [2.05, 4.69) is 4.98 Å². The van der Waals surface area contributed by atoms with Crippen molar-refractivity contribution in [1.29, 1.82) is 0 Å². The molecule has 2 aliphatic rings. The van der Waals surface area contributed by atoms with Gasteiger partial charge in [0.2, 0.25) is 0 Å². The van der Waals surface area contributed by atoms with Crippen molar-refractivity contribution in [3.63, 3.8) is 0 Å². The number of imidazole rings is 1. The summed E-state index contributed by atoms with van der Waals surface area (Å²) >= 11 is 0. The highest BCUT2D eigenvalue weighted by molar-refractivity contribution is 5.75. The van der Waals surface area contributed by atoms with Gasteiger partial charge in [0.25, 0.3) is 0 Å². The Hall–Kier alpha value is -3.27. The Balaban J connectivity index is 1.41. The predicted molar refractivity (Wildman–Crippen MR) is 117 cm³/mol. The number of ether oxygens (including phenoxy) is 1. The number of nitrogens with zero attached hydrogens (tertiary/aromatic N) is 4. The average molecular weight is 474 g/mol. The molecule has 180 valence electrons. The summed E-state index contributed by atoms with van der Waals surface area (Å²) in [5, 5.41) is 0. The lowest BCUT2D eigenvalue weighted by Gasteiger charge is -2.41. The van der Waals surface area contributed by atoms with Crippen molar-refractivity contribution >= 4 is 6.03 Å². The lowest BCUT2D eigenvalue weighted by atomic mass is 9.87. The molecule has 7 nitrogen and oxygen atoms in total. The summed E-state index contributed by atoms with van der Waals surface area (Å²) in [7, 11) is 0. The second kappa shape index (κ2) is 9.17. The fourth-order valence-electron chi connectivity index (χ4n) is 4.67. The Morgan fingerprint density at radius 3 is 2.47 bits per heavy atom. The van der Waals surface area contributed by atoms with Crippen molar-refractivity contribution in [2.75, 3.05) is 39.4 Å². The Bertz CT molecular complexity index is 1110. The van der Waals surface area contributed by atoms with Crippen LogP contribution in [0.2, 0.25) is 0 Å². The molecule has 2 aliphatic heterocycles. The molecule has 10 heteroatoms. The second-order valence-corrected chi connectivity index (χ2v) is 8.68. The Morgan fingerprint density at radius 1 is 1.03 bits per heavy atom. The summed E-state index contributed by atoms with van der Waals surface area (Å²) in [4.78, 5) is 21.3. The Kier molecular flexibility index (Phi) is 6.07. The molecule has 0 spiro atoms. The largest absolute Gasteiger partial charge is 0.463 e. The number of urea groups is 1. The first kappa shape index (κ1) is 22.5. The van der Waals surface area contributed by atoms with Crippen molar-refractivity contribution < 1.29 is 27.1 Å². The monoisotopic (exact) mass is 474 g/mol. The van der Waals surface area contributed by atoms with Crippen LogP contribution >= 0.6 is 0 Å². The fraction of sp³-hybridized carbons (Fsp3) is 0.417. The molecule has 4 heterocycles. The summed E-state index contributed by atoms with van der Waals surface area (Å²) < 4.78 is 51.9. The van der Waals surface area contributed by atoms with Crippen molar-refractivity contribution in [2.24, 2.45) is 0 Å². The molecule has 34 heavy (non-hydrogen) atoms. The van der Waals surface area contributed by atoms with Gasteiger partial charge in [-0.25, -0.2) is 9.78 Å². The van der Waals surface area contributed by atoms with Crippen LogP contribution in [0.25, 0.3) is 11.5 Å². The highest BCUT2D eigenvalue weighted by Crippen LogP contribution is 2.36. The zero-order valence-corrected chi connectivity index (χ0v) is 18.4. The standard InChI is InChI=1S/C24H25F3N4O3/c25-24(26,27)19-5-3-17(4-6-19)18-12-20(31-15-21(28-16-31)22-2-1-9-34-22)14-30(13-18)23(32)29-7-10-33-11-8-29/h1-6,9,15-16,18,20H,7-8,10-14H2. The first-order valence-electron chi connectivity index (χ1n) is 11.2. The Labute approximate surface area is 194 Å². The molecule has 1 aromatic carbocycles. The third kappa shape index (κ3) is 4.68. The molecule has 0 saturated carbocycles. The van der Waals surface area contributed by atoms with Gasteiger partial charge in [-0.3, -0.25) is 0 Å². The van der Waals surface area contributed by atoms with Crippen molar-refractivity contribution in [1.82, 2.24) is 19.4 Å². The number of aromatic nitrogens is 2. The number of halogens is 3. The van der Waals surface area contributed by atoms with E-state index in [1.807, 2.05) is 16.8 Å². The minimum absolute atomic E-state index is 0.0729. The number of hydrogen-bond acceptors (Lipinski definition) is 4. The highest BCUT2D eigenvalue weighted by atomic mass is 19.4. The van der Waals surface area contributed by atoms with Crippen molar-refractivity contribution in [3.8, 4) is 11.5 Å². The van der Waals surface area contributed by atoms with Crippen LogP contribution in [0, 0.1) is 0 Å². The van der Waals surface area contributed by atoms with Gasteiger partial charge in [-0.15, -0.1) is 0 Å². The van der Waals surface area contributed by atoms with E-state index in [0.29, 0.717) is 57.3 Å². The van der Waals surface area contributed by atoms with E-state index < -0.39 is 11.7 Å². The number of carbonyl (C=O) groups excluding carboxylic acids is 1. The number of likely N-dealkylation sites (tertiary alicyclic amines) is 1. The molecule has 2 saturated heterocycles. The van der Waals surface area contributed by atoms with Crippen LogP contribution in [0.3, 0.4) is 0 Å². The summed E-state index contributed by atoms with van der Waals surface area (Å²) in [5.74, 6) is 0.538. The van der Waals surface area contributed by atoms with E-state index in [0.717, 1.165) is 17.7 Å². The molecular formula is C24H25F3N4O3. The number of furan rings is 1. The molecule has 3 aromatic rings. The number of hydrogen-bond donors (Lipinski definition) is 0. The quantitative estimate of drug-likeness (QED) is 0.555. The minimum Gasteiger partial charge on any atom is -0.463 e. The maximum absolute atomic E-state index is 13.3. The zero-order chi connectivity index (χ0) is 23.7. The van der Waals surface area contributed by atoms with E-state index in [1.54, 1.807) is 28.5 Å². The molecule has 2 fully saturated rings. The number of morpholine rings is 1. The van der Waals surface area contributed by atoms with Gasteiger partial charge in [-0.2, -0.15) is 13.2 Å². The van der Waals surface area contributed by atoms with Gasteiger partial charge < -0.3 is 23.5 Å². The lowest BCUT2D eigenvalue weighted by molar-refractivity contribution is -0.137. The van der Waals surface area contributed by atoms with E-state index in [4.69, 9.17) is 9.15 Å². The number of amides is 2. The molecule has 0 aliphatic carbocycles. The van der Waals surface area contributed by atoms with Gasteiger partial charge in [0.05, 0.1) is 37.4 Å². The minimum atomic E-state index is -4.38. The van der Waals surface area contributed by atoms with Gasteiger partial charge in [0.1, 0.15) is 5.69 Å². The SMILES string of the molecule is O=C(N1CCOCC1)N1CC(c2ccc(C(F)(F)F)cc2)CC(n2cnc(-c3ccco3)c2)C1. The van der Waals surface area contributed by atoms with E-state index >= 15 is 0 Å². The molecule has 0 N–H and O–H groups in total. The van der Waals surface area contributed by atoms with Gasteiger partial charge in [0, 0.05) is 38.3 Å². The smallest absolute Gasteiger partial charge is 0.416 e. The topological polar surface area (TPSA) is 63.7 Å². The number of alkyl halides is 3. The first-order chi connectivity index (χ1) is 16.4. The maximum atomic E-state index is 13.3. The van der Waals surface area contributed by atoms with Crippen LogP contribution in [0.4, 0.5) is 18.0 Å². The fourth-order valence-corrected chi connectivity index (χ4v) is 4.67. The van der Waals surface area contributed by atoms with Crippen LogP contribution in [0.15, 0.2) is 59.6 Å². The molecule has 0 bridgehead atoms. The number of piperidine rings is 1. The van der Waals surface area contributed by atoms with E-state index in [1.165, 1.54) is 12.1 Å². The highest BCUT2D eigenvalue weighted by Gasteiger charge is 2.35. The summed E-state index contributed by atoms with van der Waals surface area (Å²) in [6, 6.07) is 8.73. The third-order valence-electron chi connectivity index (χ3n) is 6.49. The van der Waals surface area contributed by atoms with Gasteiger partial charge in [-0.05, 0) is 36.2 Å². The molecule has 0 radical (unpaired) electrons. The normalized spacial score (nSPS) is 21.6. The van der Waals surface area contributed by atoms with E-state index in [-0.39, 0.29) is 18.0 Å². The summed E-state index contributed by atoms with van der Waals surface area (Å²) in [6.45, 7) is 2.98. The van der Waals surface area contributed by atoms with Crippen molar-refractivity contribution in [2.45, 2.75) is 24.6 Å². The molecule has 2 unspecified atom stereocenters. The van der Waals surface area contributed by atoms with Crippen molar-refractivity contribution in [3.05, 3.63) is 66.3 Å². The molecule has 2 aromatic heterocycles. The van der Waals surface area contributed by atoms with Gasteiger partial charge in [-0.1, -0.05) is 12.1 Å². The van der Waals surface area contributed by atoms with Crippen LogP contribution in [-0.4, -0.2) is 64.8 Å². The van der Waals surface area contributed by atoms with E-state index in [9.17, 15) is 18.0 Å². The van der Waals surface area contributed by atoms with Crippen LogP contribution < -0.4 is 0 Å². The van der Waals surface area contributed by atoms with Crippen LogP contribution in [0.5, 0.6) is 0 Å². The van der Waals surface area contributed by atoms with Gasteiger partial charge in [0.15, 0.2) is 5.76 Å². The molecular weight excluding hydrogens is 449 g/mol. The maximum Gasteiger partial charge on any atom is 0.416 e. The summed E-state index contributed by atoms with van der Waals surface area (Å²) in [5.41, 5.74) is 0.791. The predicted octanol–water partition coefficient (Wildman–Crippen LogP) is 4.64. The van der Waals surface area contributed by atoms with Crippen LogP contribution in [-0.2, 0) is 10.9 Å². The summed E-state index contributed by atoms with van der Waals surface area (Å²) in [6.07, 6.45) is 1.47. The molecule has 2 atom stereocenters. The average Bonchev–Trinajstić information content (AvgIpc) is 3.56. The number of benzene rings is 1.